The number of aryl methyl sites for hydroxylation is 1. The van der Waals surface area contributed by atoms with Gasteiger partial charge in [0.1, 0.15) is 23.9 Å². The number of carbonyl (C=O) groups excluding carboxylic acids is 2. The summed E-state index contributed by atoms with van der Waals surface area (Å²) in [6, 6.07) is 19.6. The predicted octanol–water partition coefficient (Wildman–Crippen LogP) is 4.71. The number of amides is 2. The van der Waals surface area contributed by atoms with Gasteiger partial charge in [-0.1, -0.05) is 66.6 Å². The molecule has 1 N–H and O–H groups in total. The first-order valence-corrected chi connectivity index (χ1v) is 12.2. The average Bonchev–Trinajstić information content (AvgIpc) is 3.54. The fraction of sp³-hybridized carbons (Fsp3) is 0.286. The molecule has 0 aliphatic heterocycles. The van der Waals surface area contributed by atoms with Crippen molar-refractivity contribution in [3.63, 3.8) is 0 Å². The maximum absolute atomic E-state index is 15.2. The third kappa shape index (κ3) is 4.71. The van der Waals surface area contributed by atoms with Gasteiger partial charge in [-0.25, -0.2) is 9.07 Å². The quantitative estimate of drug-likeness (QED) is 0.411. The summed E-state index contributed by atoms with van der Waals surface area (Å²) < 4.78 is 16.7. The van der Waals surface area contributed by atoms with Crippen LogP contribution in [-0.4, -0.2) is 32.9 Å². The average molecular weight is 486 g/mol. The van der Waals surface area contributed by atoms with E-state index in [-0.39, 0.29) is 18.2 Å². The van der Waals surface area contributed by atoms with Crippen LogP contribution in [0.3, 0.4) is 0 Å². The van der Waals surface area contributed by atoms with E-state index < -0.39 is 23.7 Å². The fourth-order valence-corrected chi connectivity index (χ4v) is 4.93. The summed E-state index contributed by atoms with van der Waals surface area (Å²) in [5, 5.41) is 11.4. The van der Waals surface area contributed by atoms with Gasteiger partial charge in [-0.15, -0.1) is 5.10 Å². The van der Waals surface area contributed by atoms with Gasteiger partial charge in [-0.2, -0.15) is 0 Å². The summed E-state index contributed by atoms with van der Waals surface area (Å²) in [4.78, 5) is 29.2. The van der Waals surface area contributed by atoms with Crippen LogP contribution in [0.25, 0.3) is 11.0 Å². The van der Waals surface area contributed by atoms with Crippen LogP contribution in [0.2, 0.25) is 0 Å². The van der Waals surface area contributed by atoms with Crippen LogP contribution in [-0.2, 0) is 16.1 Å². The lowest BCUT2D eigenvalue weighted by molar-refractivity contribution is -0.127. The van der Waals surface area contributed by atoms with Gasteiger partial charge < -0.3 is 5.32 Å². The lowest BCUT2D eigenvalue weighted by atomic mass is 10.0. The molecule has 1 aromatic heterocycles. The number of halogens is 1. The second-order valence-corrected chi connectivity index (χ2v) is 9.20. The Balaban J connectivity index is 1.60. The number of aromatic nitrogens is 3. The Kier molecular flexibility index (Phi) is 6.75. The molecule has 4 aromatic rings. The number of rotatable bonds is 7. The number of anilines is 1. The summed E-state index contributed by atoms with van der Waals surface area (Å²) in [5.74, 6) is -1.33. The van der Waals surface area contributed by atoms with E-state index in [9.17, 15) is 9.59 Å². The van der Waals surface area contributed by atoms with Gasteiger partial charge in [0.05, 0.1) is 5.52 Å². The highest BCUT2D eigenvalue weighted by molar-refractivity contribution is 6.02. The molecule has 0 spiro atoms. The van der Waals surface area contributed by atoms with E-state index in [4.69, 9.17) is 0 Å². The zero-order chi connectivity index (χ0) is 25.1. The van der Waals surface area contributed by atoms with Gasteiger partial charge in [0.2, 0.25) is 11.8 Å². The Hall–Kier alpha value is -4.07. The van der Waals surface area contributed by atoms with Gasteiger partial charge in [0, 0.05) is 17.3 Å². The molecule has 36 heavy (non-hydrogen) atoms. The van der Waals surface area contributed by atoms with Crippen molar-refractivity contribution < 1.29 is 14.0 Å². The molecule has 184 valence electrons. The molecule has 0 bridgehead atoms. The molecule has 1 heterocycles. The first-order valence-electron chi connectivity index (χ1n) is 12.2. The van der Waals surface area contributed by atoms with E-state index in [0.29, 0.717) is 16.7 Å². The van der Waals surface area contributed by atoms with Crippen LogP contribution in [0.4, 0.5) is 10.1 Å². The highest BCUT2D eigenvalue weighted by Gasteiger charge is 2.36. The van der Waals surface area contributed by atoms with Crippen molar-refractivity contribution in [2.45, 2.75) is 51.2 Å². The largest absolute Gasteiger partial charge is 0.351 e. The summed E-state index contributed by atoms with van der Waals surface area (Å²) in [6.07, 6.45) is 3.82. The van der Waals surface area contributed by atoms with Gasteiger partial charge in [0.25, 0.3) is 0 Å². The predicted molar refractivity (Wildman–Crippen MR) is 136 cm³/mol. The Bertz CT molecular complexity index is 1400. The van der Waals surface area contributed by atoms with Crippen molar-refractivity contribution >= 4 is 28.5 Å². The minimum Gasteiger partial charge on any atom is -0.351 e. The maximum atomic E-state index is 15.2. The first kappa shape index (κ1) is 23.7. The molecule has 1 saturated carbocycles. The highest BCUT2D eigenvalue weighted by atomic mass is 19.1. The van der Waals surface area contributed by atoms with Gasteiger partial charge in [-0.05, 0) is 49.6 Å². The molecule has 1 aliphatic rings. The van der Waals surface area contributed by atoms with Crippen LogP contribution >= 0.6 is 0 Å². The standard InChI is InChI=1S/C28H28FN5O2/c1-19-10-2-8-16-24(19)34(26(35)18-33-25-17-9-7-15-23(25)31-32-33)27(21-13-5-6-14-22(21)29)28(36)30-20-11-3-4-12-20/h2,5-10,13-17,20,27H,3-4,11-12,18H2,1H3,(H,30,36)/t27-/m1/s1. The molecular weight excluding hydrogens is 457 g/mol. The molecule has 1 aliphatic carbocycles. The summed E-state index contributed by atoms with van der Waals surface area (Å²) in [5.41, 5.74) is 2.85. The van der Waals surface area contributed by atoms with E-state index in [1.54, 1.807) is 30.3 Å². The maximum Gasteiger partial charge on any atom is 0.249 e. The van der Waals surface area contributed by atoms with E-state index >= 15 is 4.39 Å². The molecule has 2 amide bonds. The number of benzene rings is 3. The SMILES string of the molecule is Cc1ccccc1N(C(=O)Cn1nnc2ccccc21)[C@@H](C(=O)NC1CCCC1)c1ccccc1F. The minimum absolute atomic E-state index is 0.0138. The number of nitrogens with zero attached hydrogens (tertiary/aromatic N) is 4. The molecule has 7 nitrogen and oxygen atoms in total. The monoisotopic (exact) mass is 485 g/mol. The zero-order valence-electron chi connectivity index (χ0n) is 20.1. The number of nitrogens with one attached hydrogen (secondary N) is 1. The van der Waals surface area contributed by atoms with Crippen LogP contribution in [0, 0.1) is 12.7 Å². The van der Waals surface area contributed by atoms with Crippen molar-refractivity contribution in [3.05, 3.63) is 89.7 Å². The molecule has 8 heteroatoms. The van der Waals surface area contributed by atoms with Crippen molar-refractivity contribution in [1.82, 2.24) is 20.3 Å². The molecular formula is C28H28FN5O2. The highest BCUT2D eigenvalue weighted by Crippen LogP contribution is 2.33. The van der Waals surface area contributed by atoms with E-state index in [1.807, 2.05) is 43.3 Å². The van der Waals surface area contributed by atoms with E-state index in [0.717, 1.165) is 31.2 Å². The van der Waals surface area contributed by atoms with Crippen molar-refractivity contribution in [2.24, 2.45) is 0 Å². The smallest absolute Gasteiger partial charge is 0.249 e. The lowest BCUT2D eigenvalue weighted by Gasteiger charge is -2.33. The lowest BCUT2D eigenvalue weighted by Crippen LogP contribution is -2.47. The summed E-state index contributed by atoms with van der Waals surface area (Å²) in [7, 11) is 0. The number of hydrogen-bond acceptors (Lipinski definition) is 4. The van der Waals surface area contributed by atoms with Crippen molar-refractivity contribution in [1.29, 1.82) is 0 Å². The van der Waals surface area contributed by atoms with Crippen molar-refractivity contribution in [2.75, 3.05) is 4.90 Å². The van der Waals surface area contributed by atoms with Crippen LogP contribution < -0.4 is 10.2 Å². The van der Waals surface area contributed by atoms with E-state index in [1.165, 1.54) is 15.6 Å². The minimum atomic E-state index is -1.19. The Labute approximate surface area is 208 Å². The topological polar surface area (TPSA) is 80.1 Å². The van der Waals surface area contributed by atoms with Crippen LogP contribution in [0.5, 0.6) is 0 Å². The summed E-state index contributed by atoms with van der Waals surface area (Å²) >= 11 is 0. The molecule has 0 radical (unpaired) electrons. The van der Waals surface area contributed by atoms with E-state index in [2.05, 4.69) is 15.6 Å². The molecule has 5 rings (SSSR count). The van der Waals surface area contributed by atoms with Gasteiger partial charge >= 0.3 is 0 Å². The second kappa shape index (κ2) is 10.3. The number of hydrogen-bond donors (Lipinski definition) is 1. The zero-order valence-corrected chi connectivity index (χ0v) is 20.1. The Morgan fingerprint density at radius 1 is 1.03 bits per heavy atom. The Morgan fingerprint density at radius 3 is 2.50 bits per heavy atom. The summed E-state index contributed by atoms with van der Waals surface area (Å²) in [6.45, 7) is 1.71. The van der Waals surface area contributed by atoms with Gasteiger partial charge in [-0.3, -0.25) is 14.5 Å². The first-order chi connectivity index (χ1) is 17.5. The second-order valence-electron chi connectivity index (χ2n) is 9.20. The van der Waals surface area contributed by atoms with Crippen molar-refractivity contribution in [3.8, 4) is 0 Å². The van der Waals surface area contributed by atoms with Crippen LogP contribution in [0.15, 0.2) is 72.8 Å². The number of carbonyl (C=O) groups is 2. The molecule has 1 atom stereocenters. The Morgan fingerprint density at radius 2 is 1.72 bits per heavy atom. The fourth-order valence-electron chi connectivity index (χ4n) is 4.93. The molecule has 0 saturated heterocycles. The number of para-hydroxylation sites is 2. The number of fused-ring (bicyclic) bond motifs is 1. The third-order valence-corrected chi connectivity index (χ3v) is 6.76. The normalized spacial score (nSPS) is 14.6. The third-order valence-electron chi connectivity index (χ3n) is 6.76. The molecule has 1 fully saturated rings. The molecule has 3 aromatic carbocycles. The van der Waals surface area contributed by atoms with Crippen LogP contribution in [0.1, 0.15) is 42.9 Å². The van der Waals surface area contributed by atoms with Gasteiger partial charge in [0.15, 0.2) is 0 Å². The molecule has 0 unspecified atom stereocenters.